The summed E-state index contributed by atoms with van der Waals surface area (Å²) in [5.41, 5.74) is 0.965. The van der Waals surface area contributed by atoms with Crippen LogP contribution in [-0.4, -0.2) is 48.5 Å². The van der Waals surface area contributed by atoms with Gasteiger partial charge in [-0.25, -0.2) is 9.59 Å². The summed E-state index contributed by atoms with van der Waals surface area (Å²) in [6.07, 6.45) is 0.312. The fourth-order valence-electron chi connectivity index (χ4n) is 2.49. The fraction of sp³-hybridized carbons (Fsp3) is 0.438. The van der Waals surface area contributed by atoms with Gasteiger partial charge in [0, 0.05) is 24.7 Å². The molecule has 1 unspecified atom stereocenters. The number of anilines is 1. The topological polar surface area (TPSA) is 87.7 Å². The molecule has 7 heteroatoms. The maximum Gasteiger partial charge on any atom is 0.337 e. The molecule has 0 spiro atoms. The van der Waals surface area contributed by atoms with E-state index in [0.717, 1.165) is 0 Å². The third-order valence-electron chi connectivity index (χ3n) is 3.68. The molecular weight excluding hydrogens is 298 g/mol. The van der Waals surface area contributed by atoms with Gasteiger partial charge in [-0.15, -0.1) is 0 Å². The maximum absolute atomic E-state index is 12.0. The largest absolute Gasteiger partial charge is 0.465 e. The van der Waals surface area contributed by atoms with Gasteiger partial charge >= 0.3 is 12.0 Å². The van der Waals surface area contributed by atoms with Crippen molar-refractivity contribution in [3.63, 3.8) is 0 Å². The average Bonchev–Trinajstić information content (AvgIpc) is 2.87. The zero-order valence-corrected chi connectivity index (χ0v) is 13.5. The molecule has 0 saturated carbocycles. The summed E-state index contributed by atoms with van der Waals surface area (Å²) < 4.78 is 4.61. The smallest absolute Gasteiger partial charge is 0.337 e. The molecule has 2 rings (SSSR count). The van der Waals surface area contributed by atoms with Crippen LogP contribution >= 0.6 is 0 Å². The quantitative estimate of drug-likeness (QED) is 0.825. The van der Waals surface area contributed by atoms with E-state index in [9.17, 15) is 14.4 Å². The number of hydrogen-bond acceptors (Lipinski definition) is 4. The second-order valence-corrected chi connectivity index (χ2v) is 5.71. The number of urea groups is 1. The van der Waals surface area contributed by atoms with E-state index in [2.05, 4.69) is 15.4 Å². The maximum atomic E-state index is 12.0. The summed E-state index contributed by atoms with van der Waals surface area (Å²) in [5, 5.41) is 5.47. The molecule has 1 aromatic carbocycles. The van der Waals surface area contributed by atoms with Crippen LogP contribution in [0.15, 0.2) is 24.3 Å². The standard InChI is InChI=1S/C16H21N3O4/c1-10(2)19-9-13(8-14(19)20)18-16(22)17-12-6-4-11(5-7-12)15(21)23-3/h4-7,10,13H,8-9H2,1-3H3,(H2,17,18,22). The Morgan fingerprint density at radius 2 is 1.91 bits per heavy atom. The molecule has 23 heavy (non-hydrogen) atoms. The summed E-state index contributed by atoms with van der Waals surface area (Å²) >= 11 is 0. The second-order valence-electron chi connectivity index (χ2n) is 5.71. The highest BCUT2D eigenvalue weighted by Gasteiger charge is 2.31. The monoisotopic (exact) mass is 319 g/mol. The highest BCUT2D eigenvalue weighted by atomic mass is 16.5. The molecule has 124 valence electrons. The van der Waals surface area contributed by atoms with Gasteiger partial charge in [-0.3, -0.25) is 4.79 Å². The molecular formula is C16H21N3O4. The SMILES string of the molecule is COC(=O)c1ccc(NC(=O)NC2CC(=O)N(C(C)C)C2)cc1. The van der Waals surface area contributed by atoms with Crippen molar-refractivity contribution in [2.45, 2.75) is 32.4 Å². The van der Waals surface area contributed by atoms with E-state index in [1.54, 1.807) is 29.2 Å². The molecule has 0 aromatic heterocycles. The van der Waals surface area contributed by atoms with Crippen molar-refractivity contribution in [2.75, 3.05) is 19.0 Å². The van der Waals surface area contributed by atoms with Crippen LogP contribution in [0, 0.1) is 0 Å². The molecule has 2 N–H and O–H groups in total. The molecule has 3 amide bonds. The number of methoxy groups -OCH3 is 1. The lowest BCUT2D eigenvalue weighted by Crippen LogP contribution is -2.40. The third kappa shape index (κ3) is 4.21. The Labute approximate surface area is 135 Å². The van der Waals surface area contributed by atoms with Crippen LogP contribution in [0.4, 0.5) is 10.5 Å². The lowest BCUT2D eigenvalue weighted by Gasteiger charge is -2.21. The van der Waals surface area contributed by atoms with E-state index in [0.29, 0.717) is 24.2 Å². The fourth-order valence-corrected chi connectivity index (χ4v) is 2.49. The Kier molecular flexibility index (Phi) is 5.20. The van der Waals surface area contributed by atoms with E-state index in [4.69, 9.17) is 0 Å². The number of carbonyl (C=O) groups excluding carboxylic acids is 3. The molecule has 1 aromatic rings. The molecule has 0 radical (unpaired) electrons. The van der Waals surface area contributed by atoms with Gasteiger partial charge < -0.3 is 20.3 Å². The molecule has 0 aliphatic carbocycles. The summed E-state index contributed by atoms with van der Waals surface area (Å²) in [7, 11) is 1.31. The van der Waals surface area contributed by atoms with Crippen LogP contribution in [0.2, 0.25) is 0 Å². The van der Waals surface area contributed by atoms with Crippen molar-refractivity contribution in [3.05, 3.63) is 29.8 Å². The molecule has 1 fully saturated rings. The van der Waals surface area contributed by atoms with Crippen LogP contribution in [0.25, 0.3) is 0 Å². The van der Waals surface area contributed by atoms with Gasteiger partial charge in [0.05, 0.1) is 18.7 Å². The number of likely N-dealkylation sites (tertiary alicyclic amines) is 1. The summed E-state index contributed by atoms with van der Waals surface area (Å²) in [6, 6.07) is 5.93. The Bertz CT molecular complexity index is 598. The van der Waals surface area contributed by atoms with Crippen LogP contribution in [0.3, 0.4) is 0 Å². The predicted octanol–water partition coefficient (Wildman–Crippen LogP) is 1.60. The van der Waals surface area contributed by atoms with Crippen molar-refractivity contribution in [2.24, 2.45) is 0 Å². The number of benzene rings is 1. The lowest BCUT2D eigenvalue weighted by molar-refractivity contribution is -0.129. The molecule has 0 bridgehead atoms. The number of amides is 3. The zero-order valence-electron chi connectivity index (χ0n) is 13.5. The molecule has 1 saturated heterocycles. The van der Waals surface area contributed by atoms with E-state index >= 15 is 0 Å². The van der Waals surface area contributed by atoms with Gasteiger partial charge in [0.2, 0.25) is 5.91 Å². The number of carbonyl (C=O) groups is 3. The van der Waals surface area contributed by atoms with E-state index in [-0.39, 0.29) is 24.0 Å². The van der Waals surface area contributed by atoms with E-state index in [1.807, 2.05) is 13.8 Å². The normalized spacial score (nSPS) is 17.3. The number of nitrogens with zero attached hydrogens (tertiary/aromatic N) is 1. The van der Waals surface area contributed by atoms with Crippen LogP contribution < -0.4 is 10.6 Å². The van der Waals surface area contributed by atoms with Crippen molar-refractivity contribution >= 4 is 23.6 Å². The number of ether oxygens (including phenoxy) is 1. The number of hydrogen-bond donors (Lipinski definition) is 2. The summed E-state index contributed by atoms with van der Waals surface area (Å²) in [6.45, 7) is 4.41. The van der Waals surface area contributed by atoms with Gasteiger partial charge in [0.25, 0.3) is 0 Å². The van der Waals surface area contributed by atoms with Crippen molar-refractivity contribution < 1.29 is 19.1 Å². The first-order chi connectivity index (χ1) is 10.9. The molecule has 1 heterocycles. The number of nitrogens with one attached hydrogen (secondary N) is 2. The average molecular weight is 319 g/mol. The summed E-state index contributed by atoms with van der Waals surface area (Å²) in [4.78, 5) is 36.9. The Hall–Kier alpha value is -2.57. The highest BCUT2D eigenvalue weighted by molar-refractivity contribution is 5.92. The molecule has 1 aliphatic heterocycles. The Morgan fingerprint density at radius 1 is 1.26 bits per heavy atom. The predicted molar refractivity (Wildman–Crippen MR) is 85.2 cm³/mol. The van der Waals surface area contributed by atoms with Gasteiger partial charge in [0.1, 0.15) is 0 Å². The summed E-state index contributed by atoms with van der Waals surface area (Å²) in [5.74, 6) is -0.382. The van der Waals surface area contributed by atoms with Crippen LogP contribution in [-0.2, 0) is 9.53 Å². The van der Waals surface area contributed by atoms with E-state index < -0.39 is 5.97 Å². The van der Waals surface area contributed by atoms with Crippen molar-refractivity contribution in [3.8, 4) is 0 Å². The van der Waals surface area contributed by atoms with Gasteiger partial charge in [-0.05, 0) is 38.1 Å². The molecule has 7 nitrogen and oxygen atoms in total. The Balaban J connectivity index is 1.88. The van der Waals surface area contributed by atoms with Gasteiger partial charge in [-0.2, -0.15) is 0 Å². The zero-order chi connectivity index (χ0) is 17.0. The van der Waals surface area contributed by atoms with Gasteiger partial charge in [-0.1, -0.05) is 0 Å². The molecule has 1 aliphatic rings. The third-order valence-corrected chi connectivity index (χ3v) is 3.68. The van der Waals surface area contributed by atoms with Crippen LogP contribution in [0.1, 0.15) is 30.6 Å². The van der Waals surface area contributed by atoms with Crippen molar-refractivity contribution in [1.82, 2.24) is 10.2 Å². The minimum absolute atomic E-state index is 0.0488. The minimum Gasteiger partial charge on any atom is -0.465 e. The lowest BCUT2D eigenvalue weighted by atomic mass is 10.2. The van der Waals surface area contributed by atoms with Gasteiger partial charge in [0.15, 0.2) is 0 Å². The highest BCUT2D eigenvalue weighted by Crippen LogP contribution is 2.15. The first-order valence-corrected chi connectivity index (χ1v) is 7.46. The van der Waals surface area contributed by atoms with E-state index in [1.165, 1.54) is 7.11 Å². The minimum atomic E-state index is -0.431. The van der Waals surface area contributed by atoms with Crippen LogP contribution in [0.5, 0.6) is 0 Å². The Morgan fingerprint density at radius 3 is 2.43 bits per heavy atom. The first-order valence-electron chi connectivity index (χ1n) is 7.46. The number of rotatable bonds is 4. The number of esters is 1. The first kappa shape index (κ1) is 16.8. The molecule has 1 atom stereocenters. The van der Waals surface area contributed by atoms with Crippen molar-refractivity contribution in [1.29, 1.82) is 0 Å². The second kappa shape index (κ2) is 7.13.